The SMILES string of the molecule is CC/C(=C\c1ccccc1)C(=O)N1CCN(c2ncccn2)CC1. The quantitative estimate of drug-likeness (QED) is 0.812. The lowest BCUT2D eigenvalue weighted by Crippen LogP contribution is -2.49. The Morgan fingerprint density at radius 3 is 2.33 bits per heavy atom. The number of rotatable bonds is 4. The average Bonchev–Trinajstić information content (AvgIpc) is 2.67. The molecule has 1 fully saturated rings. The molecule has 1 saturated heterocycles. The van der Waals surface area contributed by atoms with Crippen molar-refractivity contribution in [3.8, 4) is 0 Å². The summed E-state index contributed by atoms with van der Waals surface area (Å²) in [5.41, 5.74) is 1.92. The maximum absolute atomic E-state index is 12.8. The number of hydrogen-bond donors (Lipinski definition) is 0. The van der Waals surface area contributed by atoms with Crippen LogP contribution < -0.4 is 4.90 Å². The van der Waals surface area contributed by atoms with Crippen LogP contribution in [0, 0.1) is 0 Å². The van der Waals surface area contributed by atoms with E-state index >= 15 is 0 Å². The zero-order valence-corrected chi connectivity index (χ0v) is 13.9. The second-order valence-corrected chi connectivity index (χ2v) is 5.76. The number of carbonyl (C=O) groups is 1. The Bertz CT molecular complexity index is 692. The van der Waals surface area contributed by atoms with E-state index in [1.165, 1.54) is 0 Å². The molecule has 2 heterocycles. The Morgan fingerprint density at radius 2 is 1.71 bits per heavy atom. The molecule has 124 valence electrons. The maximum Gasteiger partial charge on any atom is 0.249 e. The van der Waals surface area contributed by atoms with E-state index in [4.69, 9.17) is 0 Å². The summed E-state index contributed by atoms with van der Waals surface area (Å²) in [5, 5.41) is 0. The number of piperazine rings is 1. The predicted molar refractivity (Wildman–Crippen MR) is 95.5 cm³/mol. The van der Waals surface area contributed by atoms with Crippen molar-refractivity contribution in [3.63, 3.8) is 0 Å². The third-order valence-corrected chi connectivity index (χ3v) is 4.20. The highest BCUT2D eigenvalue weighted by Crippen LogP contribution is 2.16. The zero-order valence-electron chi connectivity index (χ0n) is 13.9. The van der Waals surface area contributed by atoms with Crippen molar-refractivity contribution < 1.29 is 4.79 Å². The summed E-state index contributed by atoms with van der Waals surface area (Å²) in [5.74, 6) is 0.870. The minimum absolute atomic E-state index is 0.134. The van der Waals surface area contributed by atoms with Gasteiger partial charge in [0.1, 0.15) is 0 Å². The van der Waals surface area contributed by atoms with Crippen LogP contribution in [0.5, 0.6) is 0 Å². The number of benzene rings is 1. The van der Waals surface area contributed by atoms with Crippen molar-refractivity contribution in [2.45, 2.75) is 13.3 Å². The van der Waals surface area contributed by atoms with Gasteiger partial charge in [-0.15, -0.1) is 0 Å². The first-order valence-electron chi connectivity index (χ1n) is 8.35. The lowest BCUT2D eigenvalue weighted by atomic mass is 10.1. The second kappa shape index (κ2) is 7.73. The Labute approximate surface area is 142 Å². The zero-order chi connectivity index (χ0) is 16.8. The molecular weight excluding hydrogens is 300 g/mol. The average molecular weight is 322 g/mol. The summed E-state index contributed by atoms with van der Waals surface area (Å²) in [6, 6.07) is 11.8. The van der Waals surface area contributed by atoms with Crippen LogP contribution in [0.2, 0.25) is 0 Å². The first-order valence-corrected chi connectivity index (χ1v) is 8.35. The summed E-state index contributed by atoms with van der Waals surface area (Å²) >= 11 is 0. The van der Waals surface area contributed by atoms with Crippen molar-refractivity contribution in [1.82, 2.24) is 14.9 Å². The largest absolute Gasteiger partial charge is 0.337 e. The highest BCUT2D eigenvalue weighted by atomic mass is 16.2. The lowest BCUT2D eigenvalue weighted by Gasteiger charge is -2.35. The van der Waals surface area contributed by atoms with Gasteiger partial charge < -0.3 is 9.80 Å². The summed E-state index contributed by atoms with van der Waals surface area (Å²) in [7, 11) is 0. The van der Waals surface area contributed by atoms with E-state index in [2.05, 4.69) is 14.9 Å². The Balaban J connectivity index is 1.65. The van der Waals surface area contributed by atoms with E-state index in [1.807, 2.05) is 54.3 Å². The van der Waals surface area contributed by atoms with Gasteiger partial charge in [-0.2, -0.15) is 0 Å². The monoisotopic (exact) mass is 322 g/mol. The molecule has 0 bridgehead atoms. The Morgan fingerprint density at radius 1 is 1.04 bits per heavy atom. The summed E-state index contributed by atoms with van der Waals surface area (Å²) in [6.07, 6.45) is 6.22. The van der Waals surface area contributed by atoms with Gasteiger partial charge in [0.15, 0.2) is 0 Å². The van der Waals surface area contributed by atoms with Crippen LogP contribution in [-0.2, 0) is 4.79 Å². The summed E-state index contributed by atoms with van der Waals surface area (Å²) in [6.45, 7) is 4.95. The highest BCUT2D eigenvalue weighted by Gasteiger charge is 2.23. The van der Waals surface area contributed by atoms with Gasteiger partial charge in [-0.3, -0.25) is 4.79 Å². The van der Waals surface area contributed by atoms with E-state index in [0.717, 1.165) is 36.6 Å². The van der Waals surface area contributed by atoms with Crippen LogP contribution in [0.25, 0.3) is 6.08 Å². The minimum atomic E-state index is 0.134. The van der Waals surface area contributed by atoms with Crippen LogP contribution in [0.4, 0.5) is 5.95 Å². The number of hydrogen-bond acceptors (Lipinski definition) is 4. The first-order chi connectivity index (χ1) is 11.8. The number of carbonyl (C=O) groups excluding carboxylic acids is 1. The van der Waals surface area contributed by atoms with Crippen molar-refractivity contribution in [2.75, 3.05) is 31.1 Å². The van der Waals surface area contributed by atoms with Gasteiger partial charge in [0.25, 0.3) is 0 Å². The lowest BCUT2D eigenvalue weighted by molar-refractivity contribution is -0.127. The van der Waals surface area contributed by atoms with Crippen molar-refractivity contribution >= 4 is 17.9 Å². The molecule has 1 aliphatic rings. The number of aromatic nitrogens is 2. The van der Waals surface area contributed by atoms with E-state index in [-0.39, 0.29) is 5.91 Å². The molecule has 1 aromatic carbocycles. The number of amides is 1. The fourth-order valence-electron chi connectivity index (χ4n) is 2.83. The molecule has 0 aliphatic carbocycles. The summed E-state index contributed by atoms with van der Waals surface area (Å²) in [4.78, 5) is 25.4. The van der Waals surface area contributed by atoms with Gasteiger partial charge in [0.05, 0.1) is 0 Å². The van der Waals surface area contributed by atoms with Crippen LogP contribution in [-0.4, -0.2) is 47.0 Å². The fourth-order valence-corrected chi connectivity index (χ4v) is 2.83. The predicted octanol–water partition coefficient (Wildman–Crippen LogP) is 2.62. The molecule has 0 unspecified atom stereocenters. The smallest absolute Gasteiger partial charge is 0.249 e. The Kier molecular flexibility index (Phi) is 5.21. The molecule has 5 heteroatoms. The molecule has 0 N–H and O–H groups in total. The molecule has 3 rings (SSSR count). The van der Waals surface area contributed by atoms with Crippen LogP contribution in [0.3, 0.4) is 0 Å². The van der Waals surface area contributed by atoms with E-state index in [0.29, 0.717) is 13.1 Å². The molecule has 1 aliphatic heterocycles. The van der Waals surface area contributed by atoms with E-state index in [9.17, 15) is 4.79 Å². The van der Waals surface area contributed by atoms with E-state index in [1.54, 1.807) is 12.4 Å². The van der Waals surface area contributed by atoms with Crippen LogP contribution >= 0.6 is 0 Å². The van der Waals surface area contributed by atoms with Crippen LogP contribution in [0.15, 0.2) is 54.4 Å². The Hall–Kier alpha value is -2.69. The molecule has 2 aromatic rings. The summed E-state index contributed by atoms with van der Waals surface area (Å²) < 4.78 is 0. The second-order valence-electron chi connectivity index (χ2n) is 5.76. The third-order valence-electron chi connectivity index (χ3n) is 4.20. The molecule has 0 saturated carbocycles. The maximum atomic E-state index is 12.8. The molecule has 5 nitrogen and oxygen atoms in total. The van der Waals surface area contributed by atoms with Gasteiger partial charge in [-0.1, -0.05) is 37.3 Å². The third kappa shape index (κ3) is 3.79. The molecule has 24 heavy (non-hydrogen) atoms. The van der Waals surface area contributed by atoms with E-state index < -0.39 is 0 Å². The molecule has 0 spiro atoms. The number of nitrogens with zero attached hydrogens (tertiary/aromatic N) is 4. The normalized spacial score (nSPS) is 15.5. The molecule has 1 aromatic heterocycles. The molecule has 1 amide bonds. The van der Waals surface area contributed by atoms with Gasteiger partial charge in [-0.25, -0.2) is 9.97 Å². The number of anilines is 1. The highest BCUT2D eigenvalue weighted by molar-refractivity contribution is 5.97. The molecule has 0 radical (unpaired) electrons. The van der Waals surface area contributed by atoms with Gasteiger partial charge in [-0.05, 0) is 24.1 Å². The van der Waals surface area contributed by atoms with Gasteiger partial charge >= 0.3 is 0 Å². The molecule has 0 atom stereocenters. The van der Waals surface area contributed by atoms with Gasteiger partial charge in [0, 0.05) is 44.1 Å². The molecular formula is C19H22N4O. The van der Waals surface area contributed by atoms with Crippen molar-refractivity contribution in [1.29, 1.82) is 0 Å². The van der Waals surface area contributed by atoms with Crippen molar-refractivity contribution in [2.24, 2.45) is 0 Å². The first kappa shape index (κ1) is 16.2. The fraction of sp³-hybridized carbons (Fsp3) is 0.316. The topological polar surface area (TPSA) is 49.3 Å². The minimum Gasteiger partial charge on any atom is -0.337 e. The van der Waals surface area contributed by atoms with Crippen LogP contribution in [0.1, 0.15) is 18.9 Å². The van der Waals surface area contributed by atoms with Crippen molar-refractivity contribution in [3.05, 3.63) is 59.9 Å². The van der Waals surface area contributed by atoms with Gasteiger partial charge in [0.2, 0.25) is 11.9 Å². The standard InChI is InChI=1S/C19H22N4O/c1-2-17(15-16-7-4-3-5-8-16)18(24)22-11-13-23(14-12-22)19-20-9-6-10-21-19/h3-10,15H,2,11-14H2,1H3/b17-15+.